The average Bonchev–Trinajstić information content (AvgIpc) is 3.11. The molecule has 2 rings (SSSR count). The molecule has 0 aromatic heterocycles. The van der Waals surface area contributed by atoms with Gasteiger partial charge < -0.3 is 14.8 Å². The first kappa shape index (κ1) is 28.8. The molecule has 0 bridgehead atoms. The topological polar surface area (TPSA) is 84.9 Å². The first-order valence-corrected chi connectivity index (χ1v) is 12.9. The summed E-state index contributed by atoms with van der Waals surface area (Å²) in [6.07, 6.45) is 2.90. The molecular formula is C28H44N2O5. The number of nitrogens with one attached hydrogen (secondary N) is 1. The number of hydrogen-bond acceptors (Lipinski definition) is 6. The third kappa shape index (κ3) is 8.64. The third-order valence-electron chi connectivity index (χ3n) is 6.59. The van der Waals surface area contributed by atoms with Gasteiger partial charge in [-0.05, 0) is 65.4 Å². The Kier molecular flexibility index (Phi) is 10.7. The van der Waals surface area contributed by atoms with E-state index in [9.17, 15) is 14.4 Å². The Bertz CT molecular complexity index is 835. The van der Waals surface area contributed by atoms with Gasteiger partial charge in [-0.2, -0.15) is 0 Å². The van der Waals surface area contributed by atoms with Gasteiger partial charge in [0, 0.05) is 25.6 Å². The van der Waals surface area contributed by atoms with E-state index in [1.807, 2.05) is 58.0 Å². The summed E-state index contributed by atoms with van der Waals surface area (Å²) in [4.78, 5) is 40.4. The quantitative estimate of drug-likeness (QED) is 0.462. The van der Waals surface area contributed by atoms with Crippen molar-refractivity contribution in [1.29, 1.82) is 0 Å². The van der Waals surface area contributed by atoms with Gasteiger partial charge in [0.05, 0.1) is 12.5 Å². The lowest BCUT2D eigenvalue weighted by Crippen LogP contribution is -2.46. The van der Waals surface area contributed by atoms with Crippen molar-refractivity contribution in [2.24, 2.45) is 11.8 Å². The largest absolute Gasteiger partial charge is 0.466 e. The summed E-state index contributed by atoms with van der Waals surface area (Å²) in [5.74, 6) is -0.947. The maximum atomic E-state index is 13.4. The van der Waals surface area contributed by atoms with Crippen molar-refractivity contribution in [2.45, 2.75) is 104 Å². The van der Waals surface area contributed by atoms with Crippen LogP contribution >= 0.6 is 0 Å². The Hall–Kier alpha value is -2.41. The van der Waals surface area contributed by atoms with Gasteiger partial charge in [0.15, 0.2) is 0 Å². The van der Waals surface area contributed by atoms with Crippen LogP contribution in [-0.4, -0.2) is 53.1 Å². The predicted octanol–water partition coefficient (Wildman–Crippen LogP) is 4.48. The molecule has 35 heavy (non-hydrogen) atoms. The van der Waals surface area contributed by atoms with Crippen molar-refractivity contribution in [1.82, 2.24) is 10.2 Å². The molecule has 1 aliphatic heterocycles. The standard InChI is InChI=1S/C28H44N2O5/c1-8-13-22(19(3)29-20(4)31)16-24-23(26(32)34-9-2)17-25(27(33)35-28(5,6)7)30(24)18-21-14-11-10-12-15-21/h10-12,14-15,19,22-25H,8-9,13,16-18H2,1-7H3,(H,29,31)/t19?,22?,23-,24-,25-/m1/s1. The number of esters is 2. The molecule has 1 fully saturated rings. The van der Waals surface area contributed by atoms with Crippen molar-refractivity contribution in [3.05, 3.63) is 35.9 Å². The zero-order chi connectivity index (χ0) is 26.2. The molecule has 1 saturated heterocycles. The zero-order valence-corrected chi connectivity index (χ0v) is 22.5. The van der Waals surface area contributed by atoms with Crippen LogP contribution in [0.4, 0.5) is 0 Å². The van der Waals surface area contributed by atoms with Gasteiger partial charge in [0.25, 0.3) is 0 Å². The van der Waals surface area contributed by atoms with E-state index < -0.39 is 17.6 Å². The highest BCUT2D eigenvalue weighted by Gasteiger charge is 2.50. The minimum Gasteiger partial charge on any atom is -0.466 e. The number of benzene rings is 1. The monoisotopic (exact) mass is 488 g/mol. The van der Waals surface area contributed by atoms with Gasteiger partial charge in [0.1, 0.15) is 11.6 Å². The molecule has 196 valence electrons. The summed E-state index contributed by atoms with van der Waals surface area (Å²) in [5, 5.41) is 3.04. The highest BCUT2D eigenvalue weighted by Crippen LogP contribution is 2.38. The van der Waals surface area contributed by atoms with E-state index >= 15 is 0 Å². The molecule has 5 atom stereocenters. The Morgan fingerprint density at radius 2 is 1.77 bits per heavy atom. The molecule has 0 aliphatic carbocycles. The maximum Gasteiger partial charge on any atom is 0.323 e. The van der Waals surface area contributed by atoms with Crippen molar-refractivity contribution in [3.8, 4) is 0 Å². The minimum atomic E-state index is -0.627. The summed E-state index contributed by atoms with van der Waals surface area (Å²) >= 11 is 0. The molecule has 1 N–H and O–H groups in total. The van der Waals surface area contributed by atoms with E-state index in [0.29, 0.717) is 26.0 Å². The second kappa shape index (κ2) is 13.1. The second-order valence-electron chi connectivity index (χ2n) is 10.6. The molecular weight excluding hydrogens is 444 g/mol. The van der Waals surface area contributed by atoms with E-state index in [0.717, 1.165) is 18.4 Å². The van der Waals surface area contributed by atoms with Gasteiger partial charge in [-0.1, -0.05) is 43.7 Å². The molecule has 1 aromatic rings. The Morgan fingerprint density at radius 3 is 2.31 bits per heavy atom. The third-order valence-corrected chi connectivity index (χ3v) is 6.59. The van der Waals surface area contributed by atoms with Crippen LogP contribution in [0.2, 0.25) is 0 Å². The van der Waals surface area contributed by atoms with Crippen LogP contribution in [0.15, 0.2) is 30.3 Å². The summed E-state index contributed by atoms with van der Waals surface area (Å²) in [6, 6.07) is 9.18. The van der Waals surface area contributed by atoms with Crippen LogP contribution in [0.5, 0.6) is 0 Å². The van der Waals surface area contributed by atoms with Crippen LogP contribution in [0.3, 0.4) is 0 Å². The summed E-state index contributed by atoms with van der Waals surface area (Å²) in [6.45, 7) is 13.8. The van der Waals surface area contributed by atoms with Crippen LogP contribution in [-0.2, 0) is 30.4 Å². The van der Waals surface area contributed by atoms with Crippen molar-refractivity contribution >= 4 is 17.8 Å². The normalized spacial score (nSPS) is 22.3. The lowest BCUT2D eigenvalue weighted by molar-refractivity contribution is -0.161. The number of amides is 1. The minimum absolute atomic E-state index is 0.0468. The van der Waals surface area contributed by atoms with Crippen LogP contribution in [0, 0.1) is 11.8 Å². The highest BCUT2D eigenvalue weighted by atomic mass is 16.6. The first-order valence-electron chi connectivity index (χ1n) is 12.9. The first-order chi connectivity index (χ1) is 16.5. The fraction of sp³-hybridized carbons (Fsp3) is 0.679. The highest BCUT2D eigenvalue weighted by molar-refractivity contribution is 5.80. The molecule has 0 spiro atoms. The van der Waals surface area contributed by atoms with Crippen molar-refractivity contribution in [2.75, 3.05) is 6.61 Å². The molecule has 0 radical (unpaired) electrons. The molecule has 7 nitrogen and oxygen atoms in total. The number of likely N-dealkylation sites (tertiary alicyclic amines) is 1. The molecule has 0 saturated carbocycles. The number of rotatable bonds is 11. The lowest BCUT2D eigenvalue weighted by Gasteiger charge is -2.35. The van der Waals surface area contributed by atoms with Gasteiger partial charge in [-0.3, -0.25) is 19.3 Å². The Labute approximate surface area is 210 Å². The molecule has 1 heterocycles. The van der Waals surface area contributed by atoms with E-state index in [1.165, 1.54) is 6.92 Å². The molecule has 2 unspecified atom stereocenters. The van der Waals surface area contributed by atoms with Crippen LogP contribution < -0.4 is 5.32 Å². The Balaban J connectivity index is 2.46. The van der Waals surface area contributed by atoms with Crippen molar-refractivity contribution in [3.63, 3.8) is 0 Å². The lowest BCUT2D eigenvalue weighted by atomic mass is 9.84. The summed E-state index contributed by atoms with van der Waals surface area (Å²) < 4.78 is 11.3. The van der Waals surface area contributed by atoms with E-state index in [-0.39, 0.29) is 35.8 Å². The van der Waals surface area contributed by atoms with Crippen LogP contribution in [0.25, 0.3) is 0 Å². The van der Waals surface area contributed by atoms with E-state index in [1.54, 1.807) is 6.92 Å². The fourth-order valence-corrected chi connectivity index (χ4v) is 5.11. The summed E-state index contributed by atoms with van der Waals surface area (Å²) in [7, 11) is 0. The number of hydrogen-bond donors (Lipinski definition) is 1. The molecule has 1 aromatic carbocycles. The van der Waals surface area contributed by atoms with Crippen molar-refractivity contribution < 1.29 is 23.9 Å². The van der Waals surface area contributed by atoms with Gasteiger partial charge in [-0.15, -0.1) is 0 Å². The van der Waals surface area contributed by atoms with E-state index in [2.05, 4.69) is 17.1 Å². The van der Waals surface area contributed by atoms with Gasteiger partial charge >= 0.3 is 11.9 Å². The second-order valence-corrected chi connectivity index (χ2v) is 10.6. The smallest absolute Gasteiger partial charge is 0.323 e. The number of nitrogens with zero attached hydrogens (tertiary/aromatic N) is 1. The fourth-order valence-electron chi connectivity index (χ4n) is 5.11. The predicted molar refractivity (Wildman–Crippen MR) is 136 cm³/mol. The number of carbonyl (C=O) groups is 3. The average molecular weight is 489 g/mol. The SMILES string of the molecule is CCCC(C[C@@H]1[C@H](C(=O)OCC)C[C@H](C(=O)OC(C)(C)C)N1Cc1ccccc1)C(C)NC(C)=O. The number of carbonyl (C=O) groups excluding carboxylic acids is 3. The van der Waals surface area contributed by atoms with E-state index in [4.69, 9.17) is 9.47 Å². The van der Waals surface area contributed by atoms with Gasteiger partial charge in [-0.25, -0.2) is 0 Å². The number of ether oxygens (including phenoxy) is 2. The summed E-state index contributed by atoms with van der Waals surface area (Å²) in [5.41, 5.74) is 0.440. The maximum absolute atomic E-state index is 13.4. The Morgan fingerprint density at radius 1 is 1.11 bits per heavy atom. The molecule has 1 amide bonds. The molecule has 7 heteroatoms. The van der Waals surface area contributed by atoms with Gasteiger partial charge in [0.2, 0.25) is 5.91 Å². The zero-order valence-electron chi connectivity index (χ0n) is 22.5. The molecule has 1 aliphatic rings. The van der Waals surface area contributed by atoms with Crippen LogP contribution in [0.1, 0.15) is 79.7 Å².